The first-order valence-corrected chi connectivity index (χ1v) is 5.51. The van der Waals surface area contributed by atoms with Gasteiger partial charge < -0.3 is 14.9 Å². The minimum absolute atomic E-state index is 0.318. The van der Waals surface area contributed by atoms with Crippen LogP contribution in [0.4, 0.5) is 4.39 Å². The van der Waals surface area contributed by atoms with Crippen LogP contribution in [0.5, 0.6) is 5.75 Å². The van der Waals surface area contributed by atoms with Crippen molar-refractivity contribution >= 4 is 0 Å². The second-order valence-corrected chi connectivity index (χ2v) is 4.28. The fraction of sp³-hybridized carbons (Fsp3) is 0.500. The zero-order chi connectivity index (χ0) is 12.4. The predicted octanol–water partition coefficient (Wildman–Crippen LogP) is 0.372. The van der Waals surface area contributed by atoms with Gasteiger partial charge in [0.2, 0.25) is 0 Å². The molecule has 0 bridgehead atoms. The van der Waals surface area contributed by atoms with Crippen LogP contribution in [-0.4, -0.2) is 47.5 Å². The van der Waals surface area contributed by atoms with Crippen molar-refractivity contribution in [1.29, 1.82) is 0 Å². The molecule has 0 aromatic heterocycles. The standard InChI is InChI=1S/C12H16FNO3/c1-17-12-3-2-9(13)4-8(12)5-14-6-10(15)11(16)7-14/h2-4,10-11,15-16H,5-7H2,1H3/t10-,11+. The molecule has 4 nitrogen and oxygen atoms in total. The van der Waals surface area contributed by atoms with E-state index in [1.54, 1.807) is 6.07 Å². The van der Waals surface area contributed by atoms with Gasteiger partial charge in [-0.2, -0.15) is 0 Å². The Morgan fingerprint density at radius 1 is 1.35 bits per heavy atom. The van der Waals surface area contributed by atoms with Gasteiger partial charge in [-0.15, -0.1) is 0 Å². The number of benzene rings is 1. The van der Waals surface area contributed by atoms with Crippen LogP contribution < -0.4 is 4.74 Å². The first-order chi connectivity index (χ1) is 8.10. The minimum Gasteiger partial charge on any atom is -0.496 e. The Bertz CT molecular complexity index is 389. The number of aliphatic hydroxyl groups excluding tert-OH is 2. The van der Waals surface area contributed by atoms with Gasteiger partial charge in [-0.25, -0.2) is 4.39 Å². The van der Waals surface area contributed by atoms with E-state index in [0.29, 0.717) is 30.9 Å². The fourth-order valence-electron chi connectivity index (χ4n) is 2.09. The normalized spacial score (nSPS) is 25.2. The molecule has 0 spiro atoms. The first kappa shape index (κ1) is 12.3. The number of rotatable bonds is 3. The number of hydrogen-bond donors (Lipinski definition) is 2. The van der Waals surface area contributed by atoms with E-state index < -0.39 is 12.2 Å². The van der Waals surface area contributed by atoms with Crippen molar-refractivity contribution in [3.05, 3.63) is 29.6 Å². The number of β-amino-alcohol motifs (C(OH)–C–C–N with tert-alkyl or cyclic N) is 2. The summed E-state index contributed by atoms with van der Waals surface area (Å²) in [6.45, 7) is 1.23. The van der Waals surface area contributed by atoms with Gasteiger partial charge in [0.25, 0.3) is 0 Å². The summed E-state index contributed by atoms with van der Waals surface area (Å²) in [7, 11) is 1.53. The molecule has 0 amide bonds. The molecule has 0 aliphatic carbocycles. The zero-order valence-electron chi connectivity index (χ0n) is 9.64. The molecule has 2 N–H and O–H groups in total. The molecule has 17 heavy (non-hydrogen) atoms. The molecule has 1 aliphatic rings. The van der Waals surface area contributed by atoms with Gasteiger partial charge in [0, 0.05) is 25.2 Å². The highest BCUT2D eigenvalue weighted by Crippen LogP contribution is 2.23. The number of ether oxygens (including phenoxy) is 1. The van der Waals surface area contributed by atoms with E-state index in [9.17, 15) is 14.6 Å². The molecular formula is C12H16FNO3. The molecule has 2 atom stereocenters. The summed E-state index contributed by atoms with van der Waals surface area (Å²) in [4.78, 5) is 1.87. The largest absolute Gasteiger partial charge is 0.496 e. The Morgan fingerprint density at radius 3 is 2.59 bits per heavy atom. The molecule has 1 saturated heterocycles. The van der Waals surface area contributed by atoms with E-state index in [1.165, 1.54) is 19.2 Å². The lowest BCUT2D eigenvalue weighted by Gasteiger charge is -2.16. The lowest BCUT2D eigenvalue weighted by Crippen LogP contribution is -2.22. The smallest absolute Gasteiger partial charge is 0.123 e. The van der Waals surface area contributed by atoms with Gasteiger partial charge >= 0.3 is 0 Å². The monoisotopic (exact) mass is 241 g/mol. The summed E-state index contributed by atoms with van der Waals surface area (Å²) in [6.07, 6.45) is -1.45. The first-order valence-electron chi connectivity index (χ1n) is 5.51. The lowest BCUT2D eigenvalue weighted by atomic mass is 10.2. The second kappa shape index (κ2) is 5.00. The van der Waals surface area contributed by atoms with E-state index in [0.717, 1.165) is 0 Å². The van der Waals surface area contributed by atoms with Crippen LogP contribution >= 0.6 is 0 Å². The summed E-state index contributed by atoms with van der Waals surface area (Å²) >= 11 is 0. The lowest BCUT2D eigenvalue weighted by molar-refractivity contribution is 0.0572. The van der Waals surface area contributed by atoms with Crippen molar-refractivity contribution in [3.63, 3.8) is 0 Å². The van der Waals surface area contributed by atoms with Gasteiger partial charge in [0.05, 0.1) is 19.3 Å². The van der Waals surface area contributed by atoms with Gasteiger partial charge in [-0.3, -0.25) is 4.90 Å². The molecule has 94 valence electrons. The molecule has 5 heteroatoms. The van der Waals surface area contributed by atoms with E-state index in [-0.39, 0.29) is 5.82 Å². The zero-order valence-corrected chi connectivity index (χ0v) is 9.64. The van der Waals surface area contributed by atoms with Crippen LogP contribution in [0.3, 0.4) is 0 Å². The van der Waals surface area contributed by atoms with E-state index >= 15 is 0 Å². The van der Waals surface area contributed by atoms with Crippen molar-refractivity contribution in [1.82, 2.24) is 4.90 Å². The number of methoxy groups -OCH3 is 1. The van der Waals surface area contributed by atoms with Gasteiger partial charge in [0.1, 0.15) is 11.6 Å². The minimum atomic E-state index is -0.727. The van der Waals surface area contributed by atoms with E-state index in [2.05, 4.69) is 0 Å². The molecule has 1 fully saturated rings. The maximum absolute atomic E-state index is 13.1. The molecule has 0 radical (unpaired) electrons. The topological polar surface area (TPSA) is 52.9 Å². The van der Waals surface area contributed by atoms with Gasteiger partial charge in [-0.1, -0.05) is 0 Å². The van der Waals surface area contributed by atoms with Crippen LogP contribution in [0.15, 0.2) is 18.2 Å². The molecule has 2 rings (SSSR count). The average Bonchev–Trinajstić information content (AvgIpc) is 2.58. The van der Waals surface area contributed by atoms with Gasteiger partial charge in [-0.05, 0) is 18.2 Å². The second-order valence-electron chi connectivity index (χ2n) is 4.28. The maximum atomic E-state index is 13.1. The molecule has 1 aromatic carbocycles. The van der Waals surface area contributed by atoms with Crippen LogP contribution in [0.25, 0.3) is 0 Å². The fourth-order valence-corrected chi connectivity index (χ4v) is 2.09. The molecular weight excluding hydrogens is 225 g/mol. The average molecular weight is 241 g/mol. The van der Waals surface area contributed by atoms with E-state index in [4.69, 9.17) is 4.74 Å². The predicted molar refractivity (Wildman–Crippen MR) is 60.2 cm³/mol. The molecule has 1 aromatic rings. The summed E-state index contributed by atoms with van der Waals surface area (Å²) < 4.78 is 18.3. The number of aliphatic hydroxyl groups is 2. The van der Waals surface area contributed by atoms with Crippen LogP contribution in [0.1, 0.15) is 5.56 Å². The van der Waals surface area contributed by atoms with Crippen LogP contribution in [-0.2, 0) is 6.54 Å². The van der Waals surface area contributed by atoms with Crippen molar-refractivity contribution in [3.8, 4) is 5.75 Å². The number of nitrogens with zero attached hydrogens (tertiary/aromatic N) is 1. The Kier molecular flexibility index (Phi) is 3.61. The number of likely N-dealkylation sites (tertiary alicyclic amines) is 1. The van der Waals surface area contributed by atoms with E-state index in [1.807, 2.05) is 4.90 Å². The Balaban J connectivity index is 2.10. The third kappa shape index (κ3) is 2.74. The van der Waals surface area contributed by atoms with Crippen molar-refractivity contribution in [2.75, 3.05) is 20.2 Å². The highest BCUT2D eigenvalue weighted by Gasteiger charge is 2.29. The summed E-state index contributed by atoms with van der Waals surface area (Å²) in [6, 6.07) is 4.33. The maximum Gasteiger partial charge on any atom is 0.123 e. The highest BCUT2D eigenvalue weighted by molar-refractivity contribution is 5.33. The molecule has 0 unspecified atom stereocenters. The molecule has 1 heterocycles. The summed E-state index contributed by atoms with van der Waals surface area (Å²) in [5.41, 5.74) is 0.716. The van der Waals surface area contributed by atoms with Crippen molar-refractivity contribution < 1.29 is 19.3 Å². The van der Waals surface area contributed by atoms with Crippen LogP contribution in [0.2, 0.25) is 0 Å². The molecule has 0 saturated carbocycles. The SMILES string of the molecule is COc1ccc(F)cc1CN1C[C@@H](O)[C@@H](O)C1. The molecule has 1 aliphatic heterocycles. The van der Waals surface area contributed by atoms with Crippen LogP contribution in [0, 0.1) is 5.82 Å². The number of halogens is 1. The van der Waals surface area contributed by atoms with Crippen molar-refractivity contribution in [2.45, 2.75) is 18.8 Å². The summed E-state index contributed by atoms with van der Waals surface area (Å²) in [5.74, 6) is 0.295. The highest BCUT2D eigenvalue weighted by atomic mass is 19.1. The Hall–Kier alpha value is -1.17. The third-order valence-electron chi connectivity index (χ3n) is 2.97. The summed E-state index contributed by atoms with van der Waals surface area (Å²) in [5, 5.41) is 18.9. The number of hydrogen-bond acceptors (Lipinski definition) is 4. The third-order valence-corrected chi connectivity index (χ3v) is 2.97. The van der Waals surface area contributed by atoms with Gasteiger partial charge in [0.15, 0.2) is 0 Å². The quantitative estimate of drug-likeness (QED) is 0.803. The Labute approximate surface area is 99.2 Å². The Morgan fingerprint density at radius 2 is 2.00 bits per heavy atom. The van der Waals surface area contributed by atoms with Crippen molar-refractivity contribution in [2.24, 2.45) is 0 Å².